The van der Waals surface area contributed by atoms with Gasteiger partial charge in [-0.25, -0.2) is 12.7 Å². The highest BCUT2D eigenvalue weighted by atomic mass is 79.9. The minimum atomic E-state index is -3.09. The van der Waals surface area contributed by atoms with Crippen LogP contribution in [0.4, 0.5) is 0 Å². The van der Waals surface area contributed by atoms with E-state index in [1.54, 1.807) is 11.4 Å². The highest BCUT2D eigenvalue weighted by Crippen LogP contribution is 2.55. The first-order chi connectivity index (χ1) is 8.01. The summed E-state index contributed by atoms with van der Waals surface area (Å²) in [6, 6.07) is 0.283. The van der Waals surface area contributed by atoms with Crippen LogP contribution in [0.25, 0.3) is 0 Å². The maximum absolute atomic E-state index is 12.0. The molecule has 0 N–H and O–H groups in total. The number of halogens is 1. The monoisotopic (exact) mass is 321 g/mol. The molecule has 3 nitrogen and oxygen atoms in total. The predicted octanol–water partition coefficient (Wildman–Crippen LogP) is 2.43. The second-order valence-corrected chi connectivity index (χ2v) is 9.49. The molecule has 4 bridgehead atoms. The molecule has 4 rings (SSSR count). The molecule has 0 radical (unpaired) electrons. The lowest BCUT2D eigenvalue weighted by molar-refractivity contribution is -0.0349. The molecule has 98 valence electrons. The highest BCUT2D eigenvalue weighted by Gasteiger charge is 2.51. The largest absolute Gasteiger partial charge is 0.224 e. The Bertz CT molecular complexity index is 381. The van der Waals surface area contributed by atoms with Gasteiger partial charge in [0.25, 0.3) is 0 Å². The molecular formula is C12H20BrNO2S. The van der Waals surface area contributed by atoms with Gasteiger partial charge in [0.2, 0.25) is 10.0 Å². The standard InChI is InChI=1S/C12H20BrNO2S/c1-14(17(15,16)7-13)12-10-3-8-2-9(5-10)6-11(12)4-8/h8-12H,2-7H2,1H3. The summed E-state index contributed by atoms with van der Waals surface area (Å²) in [5.74, 6) is 3.05. The number of hydrogen-bond donors (Lipinski definition) is 0. The van der Waals surface area contributed by atoms with Crippen molar-refractivity contribution < 1.29 is 8.42 Å². The molecule has 0 amide bonds. The van der Waals surface area contributed by atoms with Crippen LogP contribution in [0.5, 0.6) is 0 Å². The van der Waals surface area contributed by atoms with Crippen LogP contribution >= 0.6 is 15.9 Å². The molecule has 17 heavy (non-hydrogen) atoms. The van der Waals surface area contributed by atoms with Gasteiger partial charge in [-0.05, 0) is 55.8 Å². The van der Waals surface area contributed by atoms with E-state index < -0.39 is 10.0 Å². The second kappa shape index (κ2) is 4.20. The molecule has 4 aliphatic carbocycles. The average Bonchev–Trinajstić information content (AvgIpc) is 2.27. The van der Waals surface area contributed by atoms with Gasteiger partial charge in [0, 0.05) is 13.1 Å². The van der Waals surface area contributed by atoms with Gasteiger partial charge < -0.3 is 0 Å². The second-order valence-electron chi connectivity index (χ2n) is 6.16. The molecule has 4 fully saturated rings. The fourth-order valence-electron chi connectivity index (χ4n) is 4.75. The zero-order valence-electron chi connectivity index (χ0n) is 10.2. The number of alkyl halides is 1. The Morgan fingerprint density at radius 1 is 1.06 bits per heavy atom. The first-order valence-electron chi connectivity index (χ1n) is 6.53. The molecular weight excluding hydrogens is 302 g/mol. The quantitative estimate of drug-likeness (QED) is 0.749. The highest BCUT2D eigenvalue weighted by molar-refractivity contribution is 9.10. The summed E-state index contributed by atoms with van der Waals surface area (Å²) in [6.07, 6.45) is 6.47. The summed E-state index contributed by atoms with van der Waals surface area (Å²) in [6.45, 7) is 0. The van der Waals surface area contributed by atoms with Crippen LogP contribution in [0.1, 0.15) is 32.1 Å². The van der Waals surface area contributed by atoms with Gasteiger partial charge in [-0.2, -0.15) is 0 Å². The van der Waals surface area contributed by atoms with E-state index in [1.165, 1.54) is 32.1 Å². The summed E-state index contributed by atoms with van der Waals surface area (Å²) in [5.41, 5.74) is 0. The van der Waals surface area contributed by atoms with Crippen molar-refractivity contribution in [3.8, 4) is 0 Å². The van der Waals surface area contributed by atoms with Crippen molar-refractivity contribution in [3.63, 3.8) is 0 Å². The Hall–Kier alpha value is 0.390. The van der Waals surface area contributed by atoms with Crippen LogP contribution in [-0.4, -0.2) is 30.5 Å². The van der Waals surface area contributed by atoms with Gasteiger partial charge >= 0.3 is 0 Å². The fourth-order valence-corrected chi connectivity index (χ4v) is 6.59. The van der Waals surface area contributed by atoms with E-state index in [-0.39, 0.29) is 10.7 Å². The topological polar surface area (TPSA) is 37.4 Å². The van der Waals surface area contributed by atoms with Crippen molar-refractivity contribution in [2.75, 3.05) is 11.7 Å². The number of nitrogens with zero attached hydrogens (tertiary/aromatic N) is 1. The zero-order chi connectivity index (χ0) is 12.2. The van der Waals surface area contributed by atoms with E-state index in [0.717, 1.165) is 11.8 Å². The molecule has 0 heterocycles. The van der Waals surface area contributed by atoms with Crippen molar-refractivity contribution in [2.24, 2.45) is 23.7 Å². The van der Waals surface area contributed by atoms with E-state index in [9.17, 15) is 8.42 Å². The zero-order valence-corrected chi connectivity index (χ0v) is 12.6. The summed E-state index contributed by atoms with van der Waals surface area (Å²) >= 11 is 3.11. The lowest BCUT2D eigenvalue weighted by Crippen LogP contribution is -2.56. The maximum atomic E-state index is 12.0. The molecule has 0 atom stereocenters. The summed E-state index contributed by atoms with van der Waals surface area (Å²) < 4.78 is 25.7. The minimum Gasteiger partial charge on any atom is -0.211 e. The Kier molecular flexibility index (Phi) is 3.07. The molecule has 0 aromatic carbocycles. The number of rotatable bonds is 3. The first kappa shape index (κ1) is 12.4. The van der Waals surface area contributed by atoms with E-state index >= 15 is 0 Å². The molecule has 0 aromatic rings. The SMILES string of the molecule is CN(C1C2CC3CC(C2)CC1C3)S(=O)(=O)CBr. The third kappa shape index (κ3) is 1.98. The Labute approximate surface area is 112 Å². The molecule has 0 unspecified atom stereocenters. The van der Waals surface area contributed by atoms with Crippen molar-refractivity contribution >= 4 is 26.0 Å². The van der Waals surface area contributed by atoms with Gasteiger partial charge in [-0.15, -0.1) is 0 Å². The lowest BCUT2D eigenvalue weighted by Gasteiger charge is -2.56. The molecule has 0 spiro atoms. The lowest BCUT2D eigenvalue weighted by atomic mass is 9.54. The first-order valence-corrected chi connectivity index (χ1v) is 9.26. The van der Waals surface area contributed by atoms with Crippen LogP contribution < -0.4 is 0 Å². The normalized spacial score (nSPS) is 44.5. The molecule has 0 aromatic heterocycles. The summed E-state index contributed by atoms with van der Waals surface area (Å²) in [7, 11) is -1.31. The molecule has 0 saturated heterocycles. The van der Waals surface area contributed by atoms with E-state index in [4.69, 9.17) is 0 Å². The Morgan fingerprint density at radius 2 is 1.53 bits per heavy atom. The number of hydrogen-bond acceptors (Lipinski definition) is 2. The molecule has 0 aliphatic heterocycles. The van der Waals surface area contributed by atoms with Crippen LogP contribution in [0, 0.1) is 23.7 Å². The van der Waals surface area contributed by atoms with Crippen LogP contribution in [0.15, 0.2) is 0 Å². The van der Waals surface area contributed by atoms with Gasteiger partial charge in [-0.1, -0.05) is 15.9 Å². The number of sulfonamides is 1. The average molecular weight is 322 g/mol. The maximum Gasteiger partial charge on any atom is 0.224 e. The Morgan fingerprint density at radius 3 is 1.94 bits per heavy atom. The summed E-state index contributed by atoms with van der Waals surface area (Å²) in [4.78, 5) is 0. The van der Waals surface area contributed by atoms with Crippen molar-refractivity contribution in [1.29, 1.82) is 0 Å². The van der Waals surface area contributed by atoms with Gasteiger partial charge in [-0.3, -0.25) is 0 Å². The van der Waals surface area contributed by atoms with Crippen LogP contribution in [-0.2, 0) is 10.0 Å². The predicted molar refractivity (Wildman–Crippen MR) is 71.3 cm³/mol. The van der Waals surface area contributed by atoms with Crippen molar-refractivity contribution in [2.45, 2.75) is 38.1 Å². The van der Waals surface area contributed by atoms with E-state index in [0.29, 0.717) is 11.8 Å². The van der Waals surface area contributed by atoms with Crippen molar-refractivity contribution in [1.82, 2.24) is 4.31 Å². The molecule has 4 saturated carbocycles. The Balaban J connectivity index is 1.85. The van der Waals surface area contributed by atoms with Gasteiger partial charge in [0.05, 0.1) is 0 Å². The van der Waals surface area contributed by atoms with E-state index in [1.807, 2.05) is 0 Å². The van der Waals surface area contributed by atoms with Crippen molar-refractivity contribution in [3.05, 3.63) is 0 Å². The van der Waals surface area contributed by atoms with E-state index in [2.05, 4.69) is 15.9 Å². The third-order valence-corrected chi connectivity index (χ3v) is 8.31. The minimum absolute atomic E-state index is 0.0549. The smallest absolute Gasteiger partial charge is 0.211 e. The van der Waals surface area contributed by atoms with Gasteiger partial charge in [0.15, 0.2) is 0 Å². The van der Waals surface area contributed by atoms with Gasteiger partial charge in [0.1, 0.15) is 4.66 Å². The fraction of sp³-hybridized carbons (Fsp3) is 1.00. The van der Waals surface area contributed by atoms with Crippen LogP contribution in [0.3, 0.4) is 0 Å². The molecule has 4 aliphatic rings. The third-order valence-electron chi connectivity index (χ3n) is 5.17. The summed E-state index contributed by atoms with van der Waals surface area (Å²) in [5, 5.41) is 0. The molecule has 5 heteroatoms. The van der Waals surface area contributed by atoms with Crippen LogP contribution in [0.2, 0.25) is 0 Å².